The van der Waals surface area contributed by atoms with Crippen LogP contribution in [0.2, 0.25) is 0 Å². The second kappa shape index (κ2) is 15.8. The molecule has 0 aliphatic rings. The monoisotopic (exact) mass is 575 g/mol. The molecule has 3 amide bonds. The Morgan fingerprint density at radius 2 is 1.59 bits per heavy atom. The summed E-state index contributed by atoms with van der Waals surface area (Å²) in [4.78, 5) is 61.6. The summed E-state index contributed by atoms with van der Waals surface area (Å²) in [5.74, 6) is -3.83. The third-order valence-electron chi connectivity index (χ3n) is 6.00. The fraction of sp³-hybridized carbons (Fsp3) is 0.440. The number of nitrogens with one attached hydrogen (secondary N) is 4. The number of phenolic OH excluding ortho intramolecular Hbond substituents is 1. The molecule has 1 aromatic heterocycles. The molecule has 1 heterocycles. The minimum Gasteiger partial charge on any atom is -0.508 e. The predicted molar refractivity (Wildman–Crippen MR) is 147 cm³/mol. The molecule has 16 heteroatoms. The second-order valence-electron chi connectivity index (χ2n) is 9.39. The molecule has 224 valence electrons. The van der Waals surface area contributed by atoms with Gasteiger partial charge in [0.25, 0.3) is 0 Å². The van der Waals surface area contributed by atoms with E-state index in [1.54, 1.807) is 0 Å². The number of aliphatic hydroxyl groups excluding tert-OH is 1. The van der Waals surface area contributed by atoms with Crippen LogP contribution in [0.25, 0.3) is 0 Å². The molecule has 2 rings (SSSR count). The lowest BCUT2D eigenvalue weighted by Crippen LogP contribution is -2.58. The van der Waals surface area contributed by atoms with Crippen LogP contribution < -0.4 is 33.2 Å². The number of carboxylic acids is 1. The van der Waals surface area contributed by atoms with Crippen LogP contribution in [0.4, 0.5) is 0 Å². The molecule has 0 fully saturated rings. The van der Waals surface area contributed by atoms with E-state index in [0.717, 1.165) is 0 Å². The zero-order valence-corrected chi connectivity index (χ0v) is 22.5. The number of hydrogen-bond acceptors (Lipinski definition) is 9. The fourth-order valence-corrected chi connectivity index (χ4v) is 3.70. The molecular formula is C25H37N9O7. The van der Waals surface area contributed by atoms with Crippen molar-refractivity contribution in [3.63, 3.8) is 0 Å². The zero-order chi connectivity index (χ0) is 30.5. The Labute approximate surface area is 235 Å². The summed E-state index contributed by atoms with van der Waals surface area (Å²) < 4.78 is 0. The highest BCUT2D eigenvalue weighted by Gasteiger charge is 2.31. The minimum atomic E-state index is -1.35. The molecule has 0 radical (unpaired) electrons. The van der Waals surface area contributed by atoms with Crippen LogP contribution in [0.3, 0.4) is 0 Å². The number of carbonyl (C=O) groups excluding carboxylic acids is 3. The van der Waals surface area contributed by atoms with Crippen LogP contribution >= 0.6 is 0 Å². The molecule has 0 aliphatic heterocycles. The first-order valence-electron chi connectivity index (χ1n) is 12.8. The Morgan fingerprint density at radius 3 is 2.15 bits per heavy atom. The van der Waals surface area contributed by atoms with Gasteiger partial charge in [-0.15, -0.1) is 0 Å². The van der Waals surface area contributed by atoms with Crippen molar-refractivity contribution in [2.24, 2.45) is 22.2 Å². The van der Waals surface area contributed by atoms with Gasteiger partial charge in [-0.3, -0.25) is 19.4 Å². The third kappa shape index (κ3) is 11.1. The number of rotatable bonds is 16. The lowest BCUT2D eigenvalue weighted by molar-refractivity contribution is -0.142. The van der Waals surface area contributed by atoms with Gasteiger partial charge in [-0.1, -0.05) is 12.1 Å². The van der Waals surface area contributed by atoms with Gasteiger partial charge in [0, 0.05) is 31.3 Å². The van der Waals surface area contributed by atoms with Gasteiger partial charge in [0.15, 0.2) is 5.96 Å². The molecule has 5 unspecified atom stereocenters. The molecule has 0 aliphatic carbocycles. The smallest absolute Gasteiger partial charge is 0.326 e. The topological polar surface area (TPSA) is 284 Å². The van der Waals surface area contributed by atoms with E-state index in [0.29, 0.717) is 11.3 Å². The molecule has 41 heavy (non-hydrogen) atoms. The number of aliphatic imine (C=N–C) groups is 1. The molecule has 1 aromatic carbocycles. The van der Waals surface area contributed by atoms with Gasteiger partial charge in [0.1, 0.15) is 29.9 Å². The summed E-state index contributed by atoms with van der Waals surface area (Å²) in [6, 6.07) is 0.688. The van der Waals surface area contributed by atoms with Crippen LogP contribution in [-0.2, 0) is 32.0 Å². The lowest BCUT2D eigenvalue weighted by atomic mass is 10.0. The molecule has 13 N–H and O–H groups in total. The number of nitrogens with zero attached hydrogens (tertiary/aromatic N) is 2. The standard InChI is InChI=1S/C25H37N9O7/c1-13(35)20(26)23(39)33-18(10-15-11-29-12-31-15)22(38)32-17(3-2-8-30-25(27)28)21(37)34-19(24(40)41)9-14-4-6-16(36)7-5-14/h4-7,11-13,17-20,35-36H,2-3,8-10,26H2,1H3,(H,29,31)(H,32,38)(H,33,39)(H,34,37)(H,40,41)(H4,27,28,30). The molecule has 0 saturated heterocycles. The number of aliphatic hydroxyl groups is 1. The van der Waals surface area contributed by atoms with E-state index >= 15 is 0 Å². The van der Waals surface area contributed by atoms with Crippen molar-refractivity contribution >= 4 is 29.7 Å². The summed E-state index contributed by atoms with van der Waals surface area (Å²) in [7, 11) is 0. The maximum atomic E-state index is 13.3. The Kier molecular flexibility index (Phi) is 12.5. The summed E-state index contributed by atoms with van der Waals surface area (Å²) in [5.41, 5.74) is 17.4. The molecule has 2 aromatic rings. The zero-order valence-electron chi connectivity index (χ0n) is 22.5. The Morgan fingerprint density at radius 1 is 0.976 bits per heavy atom. The van der Waals surface area contributed by atoms with Gasteiger partial charge in [-0.05, 0) is 37.5 Å². The maximum absolute atomic E-state index is 13.3. The van der Waals surface area contributed by atoms with Crippen LogP contribution in [-0.4, -0.2) is 91.8 Å². The van der Waals surface area contributed by atoms with Crippen LogP contribution in [0.5, 0.6) is 5.75 Å². The van der Waals surface area contributed by atoms with Crippen LogP contribution in [0, 0.1) is 0 Å². The first kappa shape index (κ1) is 32.5. The Hall–Kier alpha value is -4.70. The van der Waals surface area contributed by atoms with Crippen LogP contribution in [0.15, 0.2) is 41.8 Å². The van der Waals surface area contributed by atoms with Gasteiger partial charge >= 0.3 is 5.97 Å². The number of amides is 3. The van der Waals surface area contributed by atoms with E-state index in [4.69, 9.17) is 17.2 Å². The summed E-state index contributed by atoms with van der Waals surface area (Å²) in [6.07, 6.45) is 1.77. The quantitative estimate of drug-likeness (QED) is 0.0554. The number of aromatic amines is 1. The SMILES string of the molecule is CC(O)C(N)C(=O)NC(Cc1cnc[nH]1)C(=O)NC(CCCN=C(N)N)C(=O)NC(Cc1ccc(O)cc1)C(=O)O. The number of hydrogen-bond donors (Lipinski definition) is 10. The Balaban J connectivity index is 2.23. The van der Waals surface area contributed by atoms with E-state index in [2.05, 4.69) is 30.9 Å². The van der Waals surface area contributed by atoms with E-state index in [-0.39, 0.29) is 43.9 Å². The molecule has 5 atom stereocenters. The van der Waals surface area contributed by atoms with Crippen molar-refractivity contribution < 1.29 is 34.5 Å². The van der Waals surface area contributed by atoms with E-state index in [1.807, 2.05) is 0 Å². The summed E-state index contributed by atoms with van der Waals surface area (Å²) >= 11 is 0. The Bertz CT molecular complexity index is 1180. The van der Waals surface area contributed by atoms with E-state index in [9.17, 15) is 34.5 Å². The van der Waals surface area contributed by atoms with Gasteiger partial charge in [0.2, 0.25) is 17.7 Å². The number of nitrogens with two attached hydrogens (primary N) is 3. The van der Waals surface area contributed by atoms with Crippen molar-refractivity contribution in [2.45, 2.75) is 62.9 Å². The number of benzene rings is 1. The predicted octanol–water partition coefficient (Wildman–Crippen LogP) is -2.80. The van der Waals surface area contributed by atoms with Crippen molar-refractivity contribution in [1.29, 1.82) is 0 Å². The summed E-state index contributed by atoms with van der Waals surface area (Å²) in [6.45, 7) is 1.46. The van der Waals surface area contributed by atoms with Crippen molar-refractivity contribution in [2.75, 3.05) is 6.54 Å². The number of guanidine groups is 1. The normalized spacial score (nSPS) is 14.5. The largest absolute Gasteiger partial charge is 0.508 e. The first-order chi connectivity index (χ1) is 19.4. The minimum absolute atomic E-state index is 0.000565. The number of imidazole rings is 1. The van der Waals surface area contributed by atoms with Crippen LogP contribution in [0.1, 0.15) is 31.0 Å². The van der Waals surface area contributed by atoms with Crippen molar-refractivity contribution in [3.8, 4) is 5.75 Å². The number of carboxylic acid groups (broad SMARTS) is 1. The molecular weight excluding hydrogens is 538 g/mol. The number of aliphatic carboxylic acids is 1. The van der Waals surface area contributed by atoms with Gasteiger partial charge in [-0.2, -0.15) is 0 Å². The van der Waals surface area contributed by atoms with Gasteiger partial charge < -0.3 is 53.5 Å². The molecule has 0 saturated carbocycles. The number of aromatic hydroxyl groups is 1. The second-order valence-corrected chi connectivity index (χ2v) is 9.39. The highest BCUT2D eigenvalue weighted by atomic mass is 16.4. The highest BCUT2D eigenvalue weighted by molar-refractivity contribution is 5.94. The lowest BCUT2D eigenvalue weighted by Gasteiger charge is -2.25. The average molecular weight is 576 g/mol. The van der Waals surface area contributed by atoms with E-state index in [1.165, 1.54) is 43.7 Å². The maximum Gasteiger partial charge on any atom is 0.326 e. The fourth-order valence-electron chi connectivity index (χ4n) is 3.70. The van der Waals surface area contributed by atoms with Crippen molar-refractivity contribution in [1.82, 2.24) is 25.9 Å². The average Bonchev–Trinajstić information content (AvgIpc) is 3.43. The number of phenols is 1. The highest BCUT2D eigenvalue weighted by Crippen LogP contribution is 2.12. The number of H-pyrrole nitrogens is 1. The molecule has 0 bridgehead atoms. The number of carbonyl (C=O) groups is 4. The molecule has 16 nitrogen and oxygen atoms in total. The van der Waals surface area contributed by atoms with Gasteiger partial charge in [0.05, 0.1) is 12.4 Å². The van der Waals surface area contributed by atoms with Crippen molar-refractivity contribution in [3.05, 3.63) is 48.0 Å². The summed E-state index contributed by atoms with van der Waals surface area (Å²) in [5, 5.41) is 36.4. The van der Waals surface area contributed by atoms with Gasteiger partial charge in [-0.25, -0.2) is 9.78 Å². The molecule has 0 spiro atoms. The van der Waals surface area contributed by atoms with E-state index < -0.39 is 54.0 Å². The third-order valence-corrected chi connectivity index (χ3v) is 6.00. The first-order valence-corrected chi connectivity index (χ1v) is 12.8. The number of aromatic nitrogens is 2.